The predicted octanol–water partition coefficient (Wildman–Crippen LogP) is 6.78. The number of aromatic nitrogens is 2. The molecule has 5 nitrogen and oxygen atoms in total. The van der Waals surface area contributed by atoms with E-state index < -0.39 is 11.5 Å². The number of halogens is 3. The molecule has 37 heavy (non-hydrogen) atoms. The van der Waals surface area contributed by atoms with Gasteiger partial charge in [-0.2, -0.15) is 10.2 Å². The van der Waals surface area contributed by atoms with Gasteiger partial charge in [0, 0.05) is 30.5 Å². The Kier molecular flexibility index (Phi) is 7.05. The third-order valence-electron chi connectivity index (χ3n) is 7.28. The lowest BCUT2D eigenvalue weighted by atomic mass is 9.75. The smallest absolute Gasteiger partial charge is 0.214 e. The van der Waals surface area contributed by atoms with Gasteiger partial charge in [-0.3, -0.25) is 4.90 Å². The van der Waals surface area contributed by atoms with E-state index in [-0.39, 0.29) is 36.2 Å². The molecule has 2 atom stereocenters. The fourth-order valence-electron chi connectivity index (χ4n) is 5.21. The first kappa shape index (κ1) is 25.1. The maximum atomic E-state index is 16.5. The van der Waals surface area contributed by atoms with Crippen LogP contribution in [0.5, 0.6) is 0 Å². The average Bonchev–Trinajstić information content (AvgIpc) is 3.41. The van der Waals surface area contributed by atoms with Crippen molar-refractivity contribution in [2.24, 2.45) is 5.92 Å². The van der Waals surface area contributed by atoms with E-state index in [0.29, 0.717) is 29.2 Å². The molecular formula is C29H25ClF2N4O. The van der Waals surface area contributed by atoms with Crippen LogP contribution in [0.1, 0.15) is 41.6 Å². The monoisotopic (exact) mass is 518 g/mol. The van der Waals surface area contributed by atoms with Gasteiger partial charge in [-0.25, -0.2) is 8.78 Å². The molecule has 0 unspecified atom stereocenters. The minimum atomic E-state index is -1.55. The largest absolute Gasteiger partial charge is 0.342 e. The first-order chi connectivity index (χ1) is 17.9. The van der Waals surface area contributed by atoms with E-state index in [1.165, 1.54) is 6.07 Å². The highest BCUT2D eigenvalue weighted by Gasteiger charge is 2.47. The van der Waals surface area contributed by atoms with Crippen LogP contribution in [0, 0.1) is 23.1 Å². The summed E-state index contributed by atoms with van der Waals surface area (Å²) in [4.78, 5) is 6.19. The van der Waals surface area contributed by atoms with Crippen molar-refractivity contribution < 1.29 is 13.3 Å². The number of alkyl halides is 1. The van der Waals surface area contributed by atoms with Gasteiger partial charge >= 0.3 is 0 Å². The Hall–Kier alpha value is -3.60. The number of benzene rings is 3. The SMILES string of the molecule is CC[C@](F)(Cc1cccc(F)c1-c1ncon1)C1CN([C@@H](c2ccc(Cl)cc2)c2cccc(C#N)c2)C1. The maximum absolute atomic E-state index is 16.5. The van der Waals surface area contributed by atoms with Crippen LogP contribution >= 0.6 is 11.6 Å². The third-order valence-corrected chi connectivity index (χ3v) is 7.53. The van der Waals surface area contributed by atoms with Crippen molar-refractivity contribution in [1.82, 2.24) is 15.0 Å². The molecule has 0 bridgehead atoms. The molecule has 188 valence electrons. The van der Waals surface area contributed by atoms with Crippen LogP contribution in [0.3, 0.4) is 0 Å². The number of rotatable bonds is 8. The molecule has 1 saturated heterocycles. The van der Waals surface area contributed by atoms with Crippen molar-refractivity contribution >= 4 is 11.6 Å². The summed E-state index contributed by atoms with van der Waals surface area (Å²) in [7, 11) is 0. The summed E-state index contributed by atoms with van der Waals surface area (Å²) < 4.78 is 36.1. The van der Waals surface area contributed by atoms with Crippen LogP contribution in [0.15, 0.2) is 77.6 Å². The molecule has 0 N–H and O–H groups in total. The van der Waals surface area contributed by atoms with Crippen molar-refractivity contribution in [2.75, 3.05) is 13.1 Å². The Morgan fingerprint density at radius 1 is 1.14 bits per heavy atom. The van der Waals surface area contributed by atoms with Gasteiger partial charge in [0.15, 0.2) is 0 Å². The topological polar surface area (TPSA) is 66.0 Å². The first-order valence-corrected chi connectivity index (χ1v) is 12.5. The van der Waals surface area contributed by atoms with Crippen LogP contribution in [-0.2, 0) is 6.42 Å². The highest BCUT2D eigenvalue weighted by Crippen LogP contribution is 2.43. The Labute approximate surface area is 219 Å². The van der Waals surface area contributed by atoms with Crippen molar-refractivity contribution in [3.8, 4) is 17.5 Å². The summed E-state index contributed by atoms with van der Waals surface area (Å²) in [6, 6.07) is 21.8. The second-order valence-electron chi connectivity index (χ2n) is 9.44. The van der Waals surface area contributed by atoms with Crippen molar-refractivity contribution in [1.29, 1.82) is 5.26 Å². The van der Waals surface area contributed by atoms with Gasteiger partial charge in [-0.1, -0.05) is 60.1 Å². The van der Waals surface area contributed by atoms with Crippen LogP contribution in [-0.4, -0.2) is 33.8 Å². The molecular weight excluding hydrogens is 494 g/mol. The van der Waals surface area contributed by atoms with E-state index in [1.807, 2.05) is 49.4 Å². The Morgan fingerprint density at radius 3 is 2.57 bits per heavy atom. The molecule has 2 heterocycles. The van der Waals surface area contributed by atoms with Crippen LogP contribution in [0.4, 0.5) is 8.78 Å². The van der Waals surface area contributed by atoms with E-state index in [9.17, 15) is 9.65 Å². The zero-order chi connectivity index (χ0) is 26.0. The number of likely N-dealkylation sites (tertiary alicyclic amines) is 1. The molecule has 5 rings (SSSR count). The molecule has 0 aliphatic carbocycles. The van der Waals surface area contributed by atoms with E-state index in [1.54, 1.807) is 18.2 Å². The minimum Gasteiger partial charge on any atom is -0.342 e. The van der Waals surface area contributed by atoms with Gasteiger partial charge in [0.1, 0.15) is 11.5 Å². The van der Waals surface area contributed by atoms with Gasteiger partial charge in [0.2, 0.25) is 12.2 Å². The van der Waals surface area contributed by atoms with E-state index >= 15 is 4.39 Å². The van der Waals surface area contributed by atoms with Crippen molar-refractivity contribution in [3.05, 3.63) is 106 Å². The fraction of sp³-hybridized carbons (Fsp3) is 0.276. The minimum absolute atomic E-state index is 0.0408. The Bertz CT molecular complexity index is 1410. The summed E-state index contributed by atoms with van der Waals surface area (Å²) in [6.45, 7) is 2.85. The van der Waals surface area contributed by atoms with Crippen molar-refractivity contribution in [3.63, 3.8) is 0 Å². The highest BCUT2D eigenvalue weighted by atomic mass is 35.5. The molecule has 0 spiro atoms. The molecule has 8 heteroatoms. The molecule has 1 fully saturated rings. The van der Waals surface area contributed by atoms with Crippen LogP contribution in [0.25, 0.3) is 11.4 Å². The molecule has 1 aliphatic heterocycles. The quantitative estimate of drug-likeness (QED) is 0.257. The molecule has 0 amide bonds. The lowest BCUT2D eigenvalue weighted by Crippen LogP contribution is -2.57. The second kappa shape index (κ2) is 10.4. The third kappa shape index (κ3) is 5.00. The molecule has 1 aromatic heterocycles. The number of hydrogen-bond donors (Lipinski definition) is 0. The highest BCUT2D eigenvalue weighted by molar-refractivity contribution is 6.30. The van der Waals surface area contributed by atoms with Gasteiger partial charge in [-0.15, -0.1) is 0 Å². The number of hydrogen-bond acceptors (Lipinski definition) is 5. The number of nitrogens with zero attached hydrogens (tertiary/aromatic N) is 4. The molecule has 1 aliphatic rings. The predicted molar refractivity (Wildman–Crippen MR) is 137 cm³/mol. The van der Waals surface area contributed by atoms with Crippen molar-refractivity contribution in [2.45, 2.75) is 31.5 Å². The number of nitriles is 1. The summed E-state index contributed by atoms with van der Waals surface area (Å²) in [5.74, 6) is -0.650. The zero-order valence-electron chi connectivity index (χ0n) is 20.2. The normalized spacial score (nSPS) is 16.5. The van der Waals surface area contributed by atoms with Gasteiger partial charge in [0.05, 0.1) is 23.2 Å². The summed E-state index contributed by atoms with van der Waals surface area (Å²) in [5, 5.41) is 13.8. The molecule has 0 radical (unpaired) electrons. The first-order valence-electron chi connectivity index (χ1n) is 12.1. The Morgan fingerprint density at radius 2 is 1.89 bits per heavy atom. The van der Waals surface area contributed by atoms with Crippen LogP contribution in [0.2, 0.25) is 5.02 Å². The Balaban J connectivity index is 1.41. The molecule has 3 aromatic carbocycles. The second-order valence-corrected chi connectivity index (χ2v) is 9.87. The average molecular weight is 519 g/mol. The van der Waals surface area contributed by atoms with Crippen LogP contribution < -0.4 is 0 Å². The van der Waals surface area contributed by atoms with E-state index in [0.717, 1.165) is 17.5 Å². The van der Waals surface area contributed by atoms with Gasteiger partial charge in [-0.05, 0) is 53.4 Å². The standard InChI is InChI=1S/C29H25ClF2N4O/c1-2-29(32,14-22-7-4-8-25(31)26(22)28-34-18-37-35-28)23-16-36(17-23)27(20-9-11-24(30)12-10-20)21-6-3-5-19(13-21)15-33/h3-13,18,23,27H,2,14,16-17H2,1H3/t27-,29-/m0/s1. The molecule has 0 saturated carbocycles. The van der Waals surface area contributed by atoms with E-state index in [2.05, 4.69) is 21.1 Å². The molecule has 4 aromatic rings. The summed E-state index contributed by atoms with van der Waals surface area (Å²) in [6.07, 6.45) is 1.46. The maximum Gasteiger partial charge on any atom is 0.214 e. The van der Waals surface area contributed by atoms with Gasteiger partial charge < -0.3 is 4.52 Å². The summed E-state index contributed by atoms with van der Waals surface area (Å²) >= 11 is 6.13. The lowest BCUT2D eigenvalue weighted by Gasteiger charge is -2.50. The fourth-order valence-corrected chi connectivity index (χ4v) is 5.34. The zero-order valence-corrected chi connectivity index (χ0v) is 21.0. The van der Waals surface area contributed by atoms with Gasteiger partial charge in [0.25, 0.3) is 0 Å². The van der Waals surface area contributed by atoms with E-state index in [4.69, 9.17) is 16.1 Å². The lowest BCUT2D eigenvalue weighted by molar-refractivity contribution is -0.0453. The summed E-state index contributed by atoms with van der Waals surface area (Å²) in [5.41, 5.74) is 1.69.